The third-order valence-corrected chi connectivity index (χ3v) is 6.54. The molecule has 2 heterocycles. The van der Waals surface area contributed by atoms with E-state index >= 15 is 0 Å². The number of fused-ring (bicyclic) bond motifs is 5. The average molecular weight is 266 g/mol. The molecule has 106 valence electrons. The Morgan fingerprint density at radius 2 is 2.11 bits per heavy atom. The van der Waals surface area contributed by atoms with Gasteiger partial charge in [0, 0.05) is 23.7 Å². The summed E-state index contributed by atoms with van der Waals surface area (Å²) in [6.07, 6.45) is 2.41. The van der Waals surface area contributed by atoms with Crippen LogP contribution < -0.4 is 0 Å². The van der Waals surface area contributed by atoms with Gasteiger partial charge in [0.1, 0.15) is 6.10 Å². The number of epoxide rings is 1. The summed E-state index contributed by atoms with van der Waals surface area (Å²) in [5.74, 6) is 0.369. The van der Waals surface area contributed by atoms with E-state index in [1.807, 2.05) is 6.92 Å². The molecule has 0 amide bonds. The van der Waals surface area contributed by atoms with Crippen LogP contribution in [0.3, 0.4) is 0 Å². The maximum absolute atomic E-state index is 11.9. The zero-order valence-electron chi connectivity index (χ0n) is 11.8. The van der Waals surface area contributed by atoms with Crippen molar-refractivity contribution in [3.63, 3.8) is 0 Å². The molecule has 2 aliphatic carbocycles. The van der Waals surface area contributed by atoms with Crippen LogP contribution in [0, 0.1) is 23.2 Å². The second kappa shape index (κ2) is 3.34. The van der Waals surface area contributed by atoms with Crippen molar-refractivity contribution in [2.24, 2.45) is 23.2 Å². The summed E-state index contributed by atoms with van der Waals surface area (Å²) in [5, 5.41) is 10.5. The third kappa shape index (κ3) is 1.30. The minimum atomic E-state index is -0.339. The number of esters is 1. The number of rotatable bonds is 0. The van der Waals surface area contributed by atoms with E-state index in [2.05, 4.69) is 13.8 Å². The van der Waals surface area contributed by atoms with Gasteiger partial charge in [-0.1, -0.05) is 13.8 Å². The Morgan fingerprint density at radius 1 is 1.37 bits per heavy atom. The molecule has 2 saturated carbocycles. The van der Waals surface area contributed by atoms with E-state index in [4.69, 9.17) is 9.47 Å². The fourth-order valence-corrected chi connectivity index (χ4v) is 5.18. The van der Waals surface area contributed by atoms with Crippen LogP contribution in [0.4, 0.5) is 0 Å². The third-order valence-electron chi connectivity index (χ3n) is 6.54. The van der Waals surface area contributed by atoms with E-state index in [9.17, 15) is 9.90 Å². The Labute approximate surface area is 113 Å². The lowest BCUT2D eigenvalue weighted by molar-refractivity contribution is -0.161. The van der Waals surface area contributed by atoms with Crippen molar-refractivity contribution in [2.75, 3.05) is 0 Å². The van der Waals surface area contributed by atoms with E-state index < -0.39 is 0 Å². The Morgan fingerprint density at radius 3 is 2.84 bits per heavy atom. The average Bonchev–Trinajstić information content (AvgIpc) is 2.90. The Balaban J connectivity index is 1.76. The van der Waals surface area contributed by atoms with Crippen molar-refractivity contribution >= 4 is 5.97 Å². The largest absolute Gasteiger partial charge is 0.461 e. The molecule has 8 unspecified atom stereocenters. The fourth-order valence-electron chi connectivity index (χ4n) is 5.18. The topological polar surface area (TPSA) is 59.1 Å². The van der Waals surface area contributed by atoms with Crippen LogP contribution in [0.25, 0.3) is 0 Å². The highest BCUT2D eigenvalue weighted by Gasteiger charge is 2.73. The molecule has 4 heteroatoms. The first-order chi connectivity index (χ1) is 8.88. The highest BCUT2D eigenvalue weighted by Crippen LogP contribution is 2.65. The maximum Gasteiger partial charge on any atom is 0.309 e. The summed E-state index contributed by atoms with van der Waals surface area (Å²) in [4.78, 5) is 11.9. The van der Waals surface area contributed by atoms with E-state index in [1.54, 1.807) is 0 Å². The molecule has 2 saturated heterocycles. The first-order valence-corrected chi connectivity index (χ1v) is 7.44. The molecule has 2 aliphatic heterocycles. The van der Waals surface area contributed by atoms with Gasteiger partial charge in [0.25, 0.3) is 0 Å². The molecule has 0 radical (unpaired) electrons. The van der Waals surface area contributed by atoms with E-state index in [-0.39, 0.29) is 47.1 Å². The SMILES string of the molecule is CC1C(=O)OC2C1CCC1(C)C(O)CC3OC3(C)C21. The zero-order valence-corrected chi connectivity index (χ0v) is 11.8. The van der Waals surface area contributed by atoms with Gasteiger partial charge in [-0.15, -0.1) is 0 Å². The molecule has 1 N–H and O–H groups in total. The Kier molecular flexibility index (Phi) is 2.14. The summed E-state index contributed by atoms with van der Waals surface area (Å²) in [7, 11) is 0. The number of carbonyl (C=O) groups excluding carboxylic acids is 1. The second-order valence-corrected chi connectivity index (χ2v) is 7.42. The highest BCUT2D eigenvalue weighted by atomic mass is 16.6. The van der Waals surface area contributed by atoms with Crippen LogP contribution in [0.2, 0.25) is 0 Å². The number of carbonyl (C=O) groups is 1. The minimum absolute atomic E-state index is 0.00517. The van der Waals surface area contributed by atoms with Crippen molar-refractivity contribution < 1.29 is 19.4 Å². The summed E-state index contributed by atoms with van der Waals surface area (Å²) in [6.45, 7) is 6.26. The first-order valence-electron chi connectivity index (χ1n) is 7.44. The number of aliphatic hydroxyl groups is 1. The van der Waals surface area contributed by atoms with Crippen molar-refractivity contribution in [1.29, 1.82) is 0 Å². The summed E-state index contributed by atoms with van der Waals surface area (Å²) < 4.78 is 11.6. The van der Waals surface area contributed by atoms with E-state index in [0.29, 0.717) is 5.92 Å². The first kappa shape index (κ1) is 12.2. The Bertz CT molecular complexity index is 449. The smallest absolute Gasteiger partial charge is 0.309 e. The molecule has 0 aromatic heterocycles. The van der Waals surface area contributed by atoms with Crippen LogP contribution in [-0.4, -0.2) is 35.0 Å². The van der Waals surface area contributed by atoms with Gasteiger partial charge in [0.05, 0.1) is 23.7 Å². The molecular weight excluding hydrogens is 244 g/mol. The van der Waals surface area contributed by atoms with E-state index in [0.717, 1.165) is 19.3 Å². The highest BCUT2D eigenvalue weighted by molar-refractivity contribution is 5.75. The molecule has 19 heavy (non-hydrogen) atoms. The van der Waals surface area contributed by atoms with Gasteiger partial charge in [-0.25, -0.2) is 0 Å². The molecular formula is C15H22O4. The van der Waals surface area contributed by atoms with Crippen LogP contribution in [0.1, 0.15) is 40.0 Å². The van der Waals surface area contributed by atoms with Crippen LogP contribution in [0.5, 0.6) is 0 Å². The van der Waals surface area contributed by atoms with Crippen LogP contribution in [-0.2, 0) is 14.3 Å². The number of ether oxygens (including phenoxy) is 2. The lowest BCUT2D eigenvalue weighted by Crippen LogP contribution is -2.59. The number of hydrogen-bond donors (Lipinski definition) is 1. The predicted octanol–water partition coefficient (Wildman–Crippen LogP) is 1.50. The quantitative estimate of drug-likeness (QED) is 0.533. The normalized spacial score (nSPS) is 62.8. The van der Waals surface area contributed by atoms with Gasteiger partial charge in [0.15, 0.2) is 0 Å². The predicted molar refractivity (Wildman–Crippen MR) is 67.3 cm³/mol. The van der Waals surface area contributed by atoms with Crippen molar-refractivity contribution in [3.8, 4) is 0 Å². The van der Waals surface area contributed by atoms with E-state index in [1.165, 1.54) is 0 Å². The number of aliphatic hydroxyl groups excluding tert-OH is 1. The molecule has 0 bridgehead atoms. The lowest BCUT2D eigenvalue weighted by Gasteiger charge is -2.52. The minimum Gasteiger partial charge on any atom is -0.461 e. The van der Waals surface area contributed by atoms with Crippen molar-refractivity contribution in [1.82, 2.24) is 0 Å². The van der Waals surface area contributed by atoms with Crippen LogP contribution >= 0.6 is 0 Å². The van der Waals surface area contributed by atoms with Crippen LogP contribution in [0.15, 0.2) is 0 Å². The van der Waals surface area contributed by atoms with Gasteiger partial charge >= 0.3 is 5.97 Å². The van der Waals surface area contributed by atoms with Gasteiger partial charge in [-0.2, -0.15) is 0 Å². The molecule has 0 aromatic rings. The molecule has 8 atom stereocenters. The van der Waals surface area contributed by atoms with Gasteiger partial charge < -0.3 is 14.6 Å². The lowest BCUT2D eigenvalue weighted by atomic mass is 9.52. The zero-order chi connectivity index (χ0) is 13.6. The van der Waals surface area contributed by atoms with Gasteiger partial charge in [-0.3, -0.25) is 4.79 Å². The van der Waals surface area contributed by atoms with Crippen molar-refractivity contribution in [2.45, 2.75) is 63.9 Å². The van der Waals surface area contributed by atoms with Gasteiger partial charge in [0.2, 0.25) is 0 Å². The monoisotopic (exact) mass is 266 g/mol. The fraction of sp³-hybridized carbons (Fsp3) is 0.933. The van der Waals surface area contributed by atoms with Gasteiger partial charge in [-0.05, 0) is 19.8 Å². The Hall–Kier alpha value is -0.610. The molecule has 4 nitrogen and oxygen atoms in total. The summed E-state index contributed by atoms with van der Waals surface area (Å²) in [6, 6.07) is 0. The maximum atomic E-state index is 11.9. The standard InChI is InChI=1S/C15H22O4/c1-7-8-4-5-14(2)9(16)6-10-15(3,19-10)12(14)11(8)18-13(7)17/h7-12,16H,4-6H2,1-3H3. The molecule has 0 aromatic carbocycles. The molecule has 4 fully saturated rings. The second-order valence-electron chi connectivity index (χ2n) is 7.42. The molecule has 0 spiro atoms. The number of hydrogen-bond acceptors (Lipinski definition) is 4. The molecule has 4 aliphatic rings. The summed E-state index contributed by atoms with van der Waals surface area (Å²) >= 11 is 0. The van der Waals surface area contributed by atoms with Crippen molar-refractivity contribution in [3.05, 3.63) is 0 Å². The molecule has 4 rings (SSSR count). The summed E-state index contributed by atoms with van der Waals surface area (Å²) in [5.41, 5.74) is -0.366.